The Bertz CT molecular complexity index is 955. The molecule has 0 radical (unpaired) electrons. The highest BCUT2D eigenvalue weighted by atomic mass is 32.2. The molecule has 27 heavy (non-hydrogen) atoms. The van der Waals surface area contributed by atoms with Gasteiger partial charge in [-0.05, 0) is 24.6 Å². The molecule has 1 aromatic carbocycles. The van der Waals surface area contributed by atoms with E-state index in [1.807, 2.05) is 0 Å². The van der Waals surface area contributed by atoms with Crippen molar-refractivity contribution in [2.75, 3.05) is 12.9 Å². The third-order valence-electron chi connectivity index (χ3n) is 5.10. The Hall–Kier alpha value is -1.88. The Kier molecular flexibility index (Phi) is 4.53. The molecular weight excluding hydrogens is 378 g/mol. The van der Waals surface area contributed by atoms with E-state index in [0.717, 1.165) is 34.1 Å². The summed E-state index contributed by atoms with van der Waals surface area (Å²) >= 11 is 0. The highest BCUT2D eigenvalue weighted by Gasteiger charge is 2.37. The number of rotatable bonds is 3. The van der Waals surface area contributed by atoms with Crippen molar-refractivity contribution in [3.63, 3.8) is 0 Å². The molecule has 2 aromatic rings. The Morgan fingerprint density at radius 3 is 2.74 bits per heavy atom. The van der Waals surface area contributed by atoms with Crippen molar-refractivity contribution in [2.45, 2.75) is 37.7 Å². The van der Waals surface area contributed by atoms with E-state index in [-0.39, 0.29) is 11.6 Å². The Balaban J connectivity index is 1.44. The van der Waals surface area contributed by atoms with Gasteiger partial charge in [0.1, 0.15) is 17.7 Å². The van der Waals surface area contributed by atoms with E-state index in [4.69, 9.17) is 10.5 Å². The molecule has 0 bridgehead atoms. The van der Waals surface area contributed by atoms with Crippen LogP contribution < -0.4 is 5.73 Å². The fraction of sp³-hybridized carbons (Fsp3) is 0.471. The summed E-state index contributed by atoms with van der Waals surface area (Å²) in [6, 6.07) is 2.78. The van der Waals surface area contributed by atoms with Crippen LogP contribution in [0.5, 0.6) is 0 Å². The van der Waals surface area contributed by atoms with Gasteiger partial charge in [-0.2, -0.15) is 9.19 Å². The maximum atomic E-state index is 14.0. The zero-order chi connectivity index (χ0) is 19.3. The fourth-order valence-electron chi connectivity index (χ4n) is 3.73. The van der Waals surface area contributed by atoms with Gasteiger partial charge in [0.05, 0.1) is 18.6 Å². The van der Waals surface area contributed by atoms with Gasteiger partial charge in [-0.15, -0.1) is 0 Å². The first-order chi connectivity index (χ1) is 12.7. The van der Waals surface area contributed by atoms with Gasteiger partial charge in [0, 0.05) is 42.5 Å². The number of hydrogen-bond donors (Lipinski definition) is 1. The summed E-state index contributed by atoms with van der Waals surface area (Å²) in [7, 11) is -3.40. The molecule has 2 unspecified atom stereocenters. The summed E-state index contributed by atoms with van der Waals surface area (Å²) in [5.41, 5.74) is 7.91. The predicted molar refractivity (Wildman–Crippen MR) is 93.1 cm³/mol. The number of hydrogen-bond acceptors (Lipinski definition) is 6. The van der Waals surface area contributed by atoms with Gasteiger partial charge in [-0.3, -0.25) is 4.90 Å². The number of fused-ring (bicyclic) bond motifs is 1. The molecule has 0 aliphatic carbocycles. The number of benzene rings is 1. The van der Waals surface area contributed by atoms with Crippen LogP contribution in [0.3, 0.4) is 0 Å². The van der Waals surface area contributed by atoms with E-state index in [2.05, 4.69) is 10.00 Å². The minimum absolute atomic E-state index is 0.00578. The molecule has 3 atom stereocenters. The van der Waals surface area contributed by atoms with E-state index in [9.17, 15) is 17.2 Å². The topological polar surface area (TPSA) is 90.5 Å². The monoisotopic (exact) mass is 398 g/mol. The number of nitrogens with two attached hydrogens (primary N) is 1. The first-order valence-corrected chi connectivity index (χ1v) is 10.4. The van der Waals surface area contributed by atoms with Gasteiger partial charge in [0.25, 0.3) is 10.0 Å². The van der Waals surface area contributed by atoms with Crippen molar-refractivity contribution in [1.82, 2.24) is 14.1 Å². The Labute approximate surface area is 155 Å². The molecular formula is C17H20F2N4O3S. The maximum absolute atomic E-state index is 14.0. The van der Waals surface area contributed by atoms with Crippen molar-refractivity contribution in [2.24, 2.45) is 5.73 Å². The molecule has 146 valence electrons. The van der Waals surface area contributed by atoms with Gasteiger partial charge in [-0.1, -0.05) is 0 Å². The average molecular weight is 398 g/mol. The Morgan fingerprint density at radius 1 is 1.30 bits per heavy atom. The van der Waals surface area contributed by atoms with Gasteiger partial charge in [0.2, 0.25) is 0 Å². The molecule has 3 heterocycles. The van der Waals surface area contributed by atoms with Crippen LogP contribution in [0, 0.1) is 11.6 Å². The molecule has 4 rings (SSSR count). The van der Waals surface area contributed by atoms with Crippen LogP contribution in [0.25, 0.3) is 0 Å². The van der Waals surface area contributed by atoms with Crippen LogP contribution in [0.2, 0.25) is 0 Å². The van der Waals surface area contributed by atoms with Gasteiger partial charge < -0.3 is 10.5 Å². The summed E-state index contributed by atoms with van der Waals surface area (Å²) in [5, 5.41) is 4.13. The maximum Gasteiger partial charge on any atom is 0.250 e. The minimum atomic E-state index is -3.40. The predicted octanol–water partition coefficient (Wildman–Crippen LogP) is 1.14. The second kappa shape index (κ2) is 6.62. The molecule has 7 nitrogen and oxygen atoms in total. The summed E-state index contributed by atoms with van der Waals surface area (Å²) in [5.74, 6) is -1.07. The summed E-state index contributed by atoms with van der Waals surface area (Å²) in [6.07, 6.45) is 2.49. The van der Waals surface area contributed by atoms with Gasteiger partial charge in [0.15, 0.2) is 0 Å². The highest BCUT2D eigenvalue weighted by Crippen LogP contribution is 2.34. The van der Waals surface area contributed by atoms with Crippen LogP contribution in [0.4, 0.5) is 8.78 Å². The van der Waals surface area contributed by atoms with E-state index in [1.54, 1.807) is 0 Å². The second-order valence-corrected chi connectivity index (χ2v) is 8.95. The quantitative estimate of drug-likeness (QED) is 0.834. The van der Waals surface area contributed by atoms with Crippen LogP contribution in [-0.2, 0) is 27.8 Å². The molecule has 10 heteroatoms. The smallest absolute Gasteiger partial charge is 0.250 e. The standard InChI is InChI=1S/C17H20F2N4O3S/c1-27(24,25)23-7-10-6-22(8-16(10)21-23)12-5-15(20)17(26-9-12)13-4-11(18)2-3-14(13)19/h2-4,7,12,15,17H,5-6,8-9,20H2,1H3/t12?,15-,17?/m0/s1. The SMILES string of the molecule is CS(=O)(=O)n1cc2c(n1)CN(C1COC(c3cc(F)ccc3F)[C@@H](N)C1)C2. The third kappa shape index (κ3) is 3.49. The van der Waals surface area contributed by atoms with E-state index in [0.29, 0.717) is 31.8 Å². The molecule has 1 saturated heterocycles. The van der Waals surface area contributed by atoms with Gasteiger partial charge >= 0.3 is 0 Å². The lowest BCUT2D eigenvalue weighted by molar-refractivity contribution is -0.0533. The lowest BCUT2D eigenvalue weighted by Crippen LogP contribution is -2.47. The molecule has 1 fully saturated rings. The second-order valence-electron chi connectivity index (χ2n) is 7.11. The van der Waals surface area contributed by atoms with E-state index < -0.39 is 33.8 Å². The lowest BCUT2D eigenvalue weighted by Gasteiger charge is -2.38. The molecule has 0 saturated carbocycles. The molecule has 2 N–H and O–H groups in total. The van der Waals surface area contributed by atoms with Crippen molar-refractivity contribution in [3.8, 4) is 0 Å². The number of nitrogens with zero attached hydrogens (tertiary/aromatic N) is 3. The van der Waals surface area contributed by atoms with Crippen LogP contribution >= 0.6 is 0 Å². The van der Waals surface area contributed by atoms with E-state index in [1.165, 1.54) is 6.20 Å². The van der Waals surface area contributed by atoms with Crippen LogP contribution in [0.15, 0.2) is 24.4 Å². The molecule has 2 aliphatic rings. The van der Waals surface area contributed by atoms with Crippen molar-refractivity contribution >= 4 is 10.0 Å². The fourth-order valence-corrected chi connectivity index (χ4v) is 4.30. The number of aromatic nitrogens is 2. The van der Waals surface area contributed by atoms with E-state index >= 15 is 0 Å². The number of ether oxygens (including phenoxy) is 1. The van der Waals surface area contributed by atoms with Crippen LogP contribution in [-0.4, -0.2) is 47.4 Å². The summed E-state index contributed by atoms with van der Waals surface area (Å²) in [6.45, 7) is 1.37. The lowest BCUT2D eigenvalue weighted by atomic mass is 9.93. The minimum Gasteiger partial charge on any atom is -0.370 e. The molecule has 0 spiro atoms. The highest BCUT2D eigenvalue weighted by molar-refractivity contribution is 7.89. The molecule has 0 amide bonds. The largest absolute Gasteiger partial charge is 0.370 e. The average Bonchev–Trinajstić information content (AvgIpc) is 3.16. The normalized spacial score (nSPS) is 26.3. The van der Waals surface area contributed by atoms with Crippen molar-refractivity contribution in [3.05, 3.63) is 52.9 Å². The van der Waals surface area contributed by atoms with Crippen molar-refractivity contribution < 1.29 is 21.9 Å². The molecule has 1 aromatic heterocycles. The molecule has 2 aliphatic heterocycles. The third-order valence-corrected chi connectivity index (χ3v) is 5.97. The van der Waals surface area contributed by atoms with Crippen molar-refractivity contribution in [1.29, 1.82) is 0 Å². The number of halogens is 2. The summed E-state index contributed by atoms with van der Waals surface area (Å²) < 4.78 is 57.4. The Morgan fingerprint density at radius 2 is 2.07 bits per heavy atom. The first-order valence-electron chi connectivity index (χ1n) is 8.56. The summed E-state index contributed by atoms with van der Waals surface area (Å²) in [4.78, 5) is 2.11. The zero-order valence-electron chi connectivity index (χ0n) is 14.7. The van der Waals surface area contributed by atoms with Gasteiger partial charge in [-0.25, -0.2) is 17.2 Å². The van der Waals surface area contributed by atoms with Crippen LogP contribution in [0.1, 0.15) is 29.3 Å². The first kappa shape index (κ1) is 18.5. The zero-order valence-corrected chi connectivity index (χ0v) is 15.5.